The average molecular weight is 443 g/mol. The van der Waals surface area contributed by atoms with Crippen molar-refractivity contribution >= 4 is 34.2 Å². The Labute approximate surface area is 146 Å². The number of allylic oxidation sites excluding steroid dienone is 2. The van der Waals surface area contributed by atoms with Crippen LogP contribution >= 0.6 is 34.2 Å². The molecular weight excluding hydrogens is 428 g/mol. The molecule has 1 nitrogen and oxygen atoms in total. The van der Waals surface area contributed by atoms with Crippen LogP contribution in [0, 0.1) is 0 Å². The van der Waals surface area contributed by atoms with Crippen molar-refractivity contribution in [1.29, 1.82) is 0 Å². The molecule has 0 saturated carbocycles. The van der Waals surface area contributed by atoms with Gasteiger partial charge >= 0.3 is 6.18 Å². The summed E-state index contributed by atoms with van der Waals surface area (Å²) in [5.74, 6) is 0.405. The van der Waals surface area contributed by atoms with Gasteiger partial charge in [-0.1, -0.05) is 40.3 Å². The Morgan fingerprint density at radius 3 is 2.45 bits per heavy atom. The molecule has 0 N–H and O–H groups in total. The summed E-state index contributed by atoms with van der Waals surface area (Å²) >= 11 is 8.55. The molecule has 22 heavy (non-hydrogen) atoms. The first-order chi connectivity index (χ1) is 10.4. The molecule has 0 spiro atoms. The minimum Gasteiger partial charge on any atom is -0.486 e. The lowest BCUT2D eigenvalue weighted by molar-refractivity contribution is -0.137. The average Bonchev–Trinajstić information content (AvgIpc) is 2.46. The quantitative estimate of drug-likeness (QED) is 0.394. The van der Waals surface area contributed by atoms with E-state index in [0.717, 1.165) is 35.0 Å². The lowest BCUT2D eigenvalue weighted by atomic mass is 10.0. The summed E-state index contributed by atoms with van der Waals surface area (Å²) in [6.45, 7) is 0. The maximum Gasteiger partial charge on any atom is 0.416 e. The molecule has 1 aromatic carbocycles. The summed E-state index contributed by atoms with van der Waals surface area (Å²) in [7, 11) is 0. The van der Waals surface area contributed by atoms with E-state index in [4.69, 9.17) is 16.3 Å². The first kappa shape index (κ1) is 17.7. The number of hydrogen-bond acceptors (Lipinski definition) is 1. The third-order valence-corrected chi connectivity index (χ3v) is 4.42. The molecule has 0 radical (unpaired) electrons. The zero-order valence-corrected chi connectivity index (χ0v) is 14.6. The fourth-order valence-corrected chi connectivity index (χ4v) is 2.85. The predicted octanol–water partition coefficient (Wildman–Crippen LogP) is 6.12. The van der Waals surface area contributed by atoms with Gasteiger partial charge in [-0.15, -0.1) is 0 Å². The first-order valence-corrected chi connectivity index (χ1v) is 8.77. The van der Waals surface area contributed by atoms with Gasteiger partial charge in [0, 0.05) is 11.5 Å². The number of hydrogen-bond donors (Lipinski definition) is 0. The van der Waals surface area contributed by atoms with Gasteiger partial charge < -0.3 is 4.74 Å². The first-order valence-electron chi connectivity index (χ1n) is 6.87. The van der Waals surface area contributed by atoms with E-state index in [9.17, 15) is 13.2 Å². The van der Waals surface area contributed by atoms with E-state index in [1.54, 1.807) is 0 Å². The fraction of sp³-hybridized carbons (Fsp3) is 0.375. The molecule has 6 heteroatoms. The fourth-order valence-electron chi connectivity index (χ4n) is 2.15. The van der Waals surface area contributed by atoms with Crippen LogP contribution < -0.4 is 4.74 Å². The molecule has 0 saturated heterocycles. The number of halogens is 5. The van der Waals surface area contributed by atoms with Crippen molar-refractivity contribution in [2.75, 3.05) is 4.43 Å². The van der Waals surface area contributed by atoms with Crippen LogP contribution in [0.2, 0.25) is 0 Å². The predicted molar refractivity (Wildman–Crippen MR) is 90.6 cm³/mol. The number of alkyl halides is 4. The van der Waals surface area contributed by atoms with Crippen molar-refractivity contribution in [3.05, 3.63) is 52.6 Å². The van der Waals surface area contributed by atoms with E-state index in [0.29, 0.717) is 17.2 Å². The van der Waals surface area contributed by atoms with Crippen LogP contribution in [0.1, 0.15) is 24.8 Å². The van der Waals surface area contributed by atoms with E-state index >= 15 is 0 Å². The largest absolute Gasteiger partial charge is 0.486 e. The smallest absolute Gasteiger partial charge is 0.416 e. The Kier molecular flexibility index (Phi) is 6.20. The van der Waals surface area contributed by atoms with Crippen molar-refractivity contribution in [3.8, 4) is 5.75 Å². The van der Waals surface area contributed by atoms with E-state index < -0.39 is 11.7 Å². The van der Waals surface area contributed by atoms with Crippen LogP contribution in [0.5, 0.6) is 5.75 Å². The van der Waals surface area contributed by atoms with Crippen LogP contribution in [0.15, 0.2) is 47.0 Å². The molecule has 1 aliphatic rings. The molecule has 0 aliphatic heterocycles. The van der Waals surface area contributed by atoms with Crippen molar-refractivity contribution in [3.63, 3.8) is 0 Å². The summed E-state index contributed by atoms with van der Waals surface area (Å²) in [5.41, 5.74) is 0.434. The molecule has 0 fully saturated rings. The van der Waals surface area contributed by atoms with Crippen LogP contribution in [-0.2, 0) is 6.18 Å². The number of ether oxygens (including phenoxy) is 1. The Morgan fingerprint density at radius 1 is 1.23 bits per heavy atom. The second-order valence-corrected chi connectivity index (χ2v) is 6.44. The molecule has 2 rings (SSSR count). The molecule has 1 atom stereocenters. The summed E-state index contributed by atoms with van der Waals surface area (Å²) in [4.78, 5) is 0. The normalized spacial score (nSPS) is 18.7. The molecular formula is C16H15ClF3IO. The molecule has 0 amide bonds. The summed E-state index contributed by atoms with van der Waals surface area (Å²) in [6, 6.07) is 4.70. The van der Waals surface area contributed by atoms with Gasteiger partial charge in [-0.3, -0.25) is 0 Å². The van der Waals surface area contributed by atoms with E-state index in [1.165, 1.54) is 12.1 Å². The maximum atomic E-state index is 12.5. The standard InChI is InChI=1S/C16H15ClF3IO/c17-15-10-14(6-3-11(15)2-1-9-21)22-13-7-4-12(5-8-13)16(18,19)20/h3-5,7-8,10,14H,1-2,6,9H2. The zero-order valence-electron chi connectivity index (χ0n) is 11.7. The van der Waals surface area contributed by atoms with Crippen LogP contribution in [0.25, 0.3) is 0 Å². The van der Waals surface area contributed by atoms with E-state index in [1.807, 2.05) is 12.2 Å². The third kappa shape index (κ3) is 4.91. The lowest BCUT2D eigenvalue weighted by Crippen LogP contribution is -2.16. The second-order valence-electron chi connectivity index (χ2n) is 4.95. The van der Waals surface area contributed by atoms with Gasteiger partial charge in [0.15, 0.2) is 0 Å². The van der Waals surface area contributed by atoms with Gasteiger partial charge in [-0.25, -0.2) is 0 Å². The van der Waals surface area contributed by atoms with E-state index in [2.05, 4.69) is 22.6 Å². The van der Waals surface area contributed by atoms with Gasteiger partial charge in [-0.2, -0.15) is 13.2 Å². The topological polar surface area (TPSA) is 9.23 Å². The third-order valence-electron chi connectivity index (χ3n) is 3.28. The van der Waals surface area contributed by atoms with Gasteiger partial charge in [0.25, 0.3) is 0 Å². The number of benzene rings is 1. The van der Waals surface area contributed by atoms with Crippen molar-refractivity contribution in [1.82, 2.24) is 0 Å². The van der Waals surface area contributed by atoms with Crippen LogP contribution in [0.3, 0.4) is 0 Å². The van der Waals surface area contributed by atoms with E-state index in [-0.39, 0.29) is 6.10 Å². The minimum absolute atomic E-state index is 0.243. The summed E-state index contributed by atoms with van der Waals surface area (Å²) in [5, 5.41) is 0.674. The van der Waals surface area contributed by atoms with Crippen molar-refractivity contribution in [2.45, 2.75) is 31.5 Å². The lowest BCUT2D eigenvalue weighted by Gasteiger charge is -2.20. The molecule has 0 aromatic heterocycles. The van der Waals surface area contributed by atoms with Crippen molar-refractivity contribution < 1.29 is 17.9 Å². The summed E-state index contributed by atoms with van der Waals surface area (Å²) in [6.07, 6.45) is 1.97. The molecule has 0 bridgehead atoms. The van der Waals surface area contributed by atoms with Crippen LogP contribution in [0.4, 0.5) is 13.2 Å². The Morgan fingerprint density at radius 2 is 1.91 bits per heavy atom. The number of rotatable bonds is 5. The molecule has 0 heterocycles. The highest BCUT2D eigenvalue weighted by Crippen LogP contribution is 2.32. The van der Waals surface area contributed by atoms with Gasteiger partial charge in [0.1, 0.15) is 11.9 Å². The molecule has 1 aliphatic carbocycles. The monoisotopic (exact) mass is 442 g/mol. The van der Waals surface area contributed by atoms with Gasteiger partial charge in [-0.05, 0) is 53.2 Å². The Bertz CT molecular complexity index is 564. The zero-order chi connectivity index (χ0) is 16.2. The van der Waals surface area contributed by atoms with Crippen LogP contribution in [-0.4, -0.2) is 10.5 Å². The highest BCUT2D eigenvalue weighted by atomic mass is 127. The highest BCUT2D eigenvalue weighted by Gasteiger charge is 2.30. The highest BCUT2D eigenvalue weighted by molar-refractivity contribution is 14.1. The molecule has 1 unspecified atom stereocenters. The summed E-state index contributed by atoms with van der Waals surface area (Å²) < 4.78 is 44.2. The van der Waals surface area contributed by atoms with Gasteiger partial charge in [0.05, 0.1) is 5.56 Å². The maximum absolute atomic E-state index is 12.5. The Balaban J connectivity index is 1.97. The Hall–Kier alpha value is -0.690. The minimum atomic E-state index is -4.33. The van der Waals surface area contributed by atoms with Crippen molar-refractivity contribution in [2.24, 2.45) is 0 Å². The SMILES string of the molecule is FC(F)(F)c1ccc(OC2C=C(Cl)C(CCCI)=CC2)cc1. The van der Waals surface area contributed by atoms with Gasteiger partial charge in [0.2, 0.25) is 0 Å². The molecule has 120 valence electrons. The molecule has 1 aromatic rings. The second kappa shape index (κ2) is 7.73.